The van der Waals surface area contributed by atoms with Gasteiger partial charge in [0.15, 0.2) is 6.79 Å². The molecule has 6 bridgehead atoms. The van der Waals surface area contributed by atoms with E-state index in [-0.39, 0.29) is 60.2 Å². The summed E-state index contributed by atoms with van der Waals surface area (Å²) in [5.74, 6) is 0.405. The van der Waals surface area contributed by atoms with E-state index in [1.165, 1.54) is 26.4 Å². The first kappa shape index (κ1) is 26.9. The zero-order chi connectivity index (χ0) is 27.9. The third-order valence-corrected chi connectivity index (χ3v) is 13.1. The van der Waals surface area contributed by atoms with Crippen LogP contribution in [0, 0.1) is 88.8 Å². The van der Waals surface area contributed by atoms with Crippen LogP contribution in [-0.2, 0) is 38.1 Å². The van der Waals surface area contributed by atoms with Gasteiger partial charge in [-0.1, -0.05) is 20.3 Å². The van der Waals surface area contributed by atoms with Gasteiger partial charge in [-0.15, -0.1) is 0 Å². The summed E-state index contributed by atoms with van der Waals surface area (Å²) >= 11 is 0. The molecule has 8 nitrogen and oxygen atoms in total. The van der Waals surface area contributed by atoms with E-state index >= 15 is 0 Å². The molecule has 0 N–H and O–H groups in total. The van der Waals surface area contributed by atoms with Gasteiger partial charge in [0.1, 0.15) is 0 Å². The topological polar surface area (TPSA) is 105 Å². The Morgan fingerprint density at radius 3 is 2.12 bits per heavy atom. The standard InChI is InChI=1S/C32H44O8/c1-14-21-11-22(23(14)25-18-6-7-19(10-18)26(25)24-15(2)29(33)40-32(24)36)28(27(21)31(35)39-13-37-3)30(34)38-12-20-9-16-4-5-17(20)8-16/h14-28H,4-13H2,1-3H3. The Balaban J connectivity index is 1.16. The molecule has 0 spiro atoms. The highest BCUT2D eigenvalue weighted by Crippen LogP contribution is 2.68. The number of fused-ring (bicyclic) bond motifs is 6. The monoisotopic (exact) mass is 556 g/mol. The number of ether oxygens (including phenoxy) is 4. The number of carbonyl (C=O) groups excluding carboxylic acids is 4. The van der Waals surface area contributed by atoms with Crippen molar-refractivity contribution in [2.75, 3.05) is 20.5 Å². The van der Waals surface area contributed by atoms with Crippen LogP contribution in [0.25, 0.3) is 0 Å². The van der Waals surface area contributed by atoms with Crippen molar-refractivity contribution < 1.29 is 38.1 Å². The van der Waals surface area contributed by atoms with E-state index in [4.69, 9.17) is 18.9 Å². The molecule has 1 heterocycles. The molecule has 1 aliphatic heterocycles. The molecule has 7 fully saturated rings. The minimum atomic E-state index is -0.525. The molecule has 8 heteroatoms. The van der Waals surface area contributed by atoms with E-state index in [9.17, 15) is 19.2 Å². The molecular weight excluding hydrogens is 512 g/mol. The number of rotatable bonds is 8. The Morgan fingerprint density at radius 1 is 0.775 bits per heavy atom. The van der Waals surface area contributed by atoms with Crippen molar-refractivity contribution in [2.45, 2.75) is 65.2 Å². The third kappa shape index (κ3) is 4.01. The molecule has 15 atom stereocenters. The lowest BCUT2D eigenvalue weighted by atomic mass is 9.57. The summed E-state index contributed by atoms with van der Waals surface area (Å²) < 4.78 is 21.7. The van der Waals surface area contributed by atoms with Crippen molar-refractivity contribution in [1.29, 1.82) is 0 Å². The first-order valence-corrected chi connectivity index (χ1v) is 15.9. The van der Waals surface area contributed by atoms with Gasteiger partial charge in [-0.3, -0.25) is 19.2 Å². The molecule has 0 radical (unpaired) electrons. The third-order valence-electron chi connectivity index (χ3n) is 13.1. The maximum atomic E-state index is 13.9. The lowest BCUT2D eigenvalue weighted by Gasteiger charge is -2.46. The van der Waals surface area contributed by atoms with Crippen LogP contribution in [0.15, 0.2) is 0 Å². The fraction of sp³-hybridized carbons (Fsp3) is 0.875. The van der Waals surface area contributed by atoms with Crippen molar-refractivity contribution in [3.63, 3.8) is 0 Å². The normalized spacial score (nSPS) is 50.1. The Labute approximate surface area is 236 Å². The van der Waals surface area contributed by atoms with Crippen LogP contribution < -0.4 is 0 Å². The second-order valence-corrected chi connectivity index (χ2v) is 14.5. The van der Waals surface area contributed by atoms with Gasteiger partial charge >= 0.3 is 23.9 Å². The van der Waals surface area contributed by atoms with Crippen LogP contribution in [-0.4, -0.2) is 44.4 Å². The zero-order valence-corrected chi connectivity index (χ0v) is 24.0. The summed E-state index contributed by atoms with van der Waals surface area (Å²) in [5, 5.41) is 0. The quantitative estimate of drug-likeness (QED) is 0.189. The van der Waals surface area contributed by atoms with Crippen molar-refractivity contribution in [3.05, 3.63) is 0 Å². The van der Waals surface area contributed by atoms with E-state index in [0.29, 0.717) is 30.3 Å². The van der Waals surface area contributed by atoms with E-state index in [0.717, 1.165) is 38.0 Å². The minimum absolute atomic E-state index is 0.0166. The second kappa shape index (κ2) is 10.1. The summed E-state index contributed by atoms with van der Waals surface area (Å²) in [6, 6.07) is 0. The van der Waals surface area contributed by atoms with Gasteiger partial charge in [0, 0.05) is 7.11 Å². The number of esters is 4. The lowest BCUT2D eigenvalue weighted by Crippen LogP contribution is -2.48. The number of carbonyl (C=O) groups is 4. The molecule has 220 valence electrons. The van der Waals surface area contributed by atoms with Crippen molar-refractivity contribution in [1.82, 2.24) is 0 Å². The van der Waals surface area contributed by atoms with E-state index in [1.807, 2.05) is 6.92 Å². The maximum absolute atomic E-state index is 13.9. The average molecular weight is 557 g/mol. The van der Waals surface area contributed by atoms with Crippen LogP contribution in [0.3, 0.4) is 0 Å². The maximum Gasteiger partial charge on any atom is 0.317 e. The Hall–Kier alpha value is -1.96. The average Bonchev–Trinajstić information content (AvgIpc) is 3.79. The second-order valence-electron chi connectivity index (χ2n) is 14.5. The molecule has 0 aromatic heterocycles. The summed E-state index contributed by atoms with van der Waals surface area (Å²) in [5.41, 5.74) is 0. The molecule has 6 aliphatic carbocycles. The molecule has 1 saturated heterocycles. The molecule has 7 rings (SSSR count). The molecule has 0 aromatic rings. The summed E-state index contributed by atoms with van der Waals surface area (Å²) in [4.78, 5) is 52.6. The molecule has 40 heavy (non-hydrogen) atoms. The van der Waals surface area contributed by atoms with Gasteiger partial charge in [-0.2, -0.15) is 0 Å². The molecule has 7 aliphatic rings. The van der Waals surface area contributed by atoms with Crippen LogP contribution >= 0.6 is 0 Å². The summed E-state index contributed by atoms with van der Waals surface area (Å²) in [7, 11) is 1.49. The van der Waals surface area contributed by atoms with Gasteiger partial charge in [0.25, 0.3) is 0 Å². The number of cyclic esters (lactones) is 2. The molecule has 0 aromatic carbocycles. The van der Waals surface area contributed by atoms with Gasteiger partial charge in [-0.25, -0.2) is 0 Å². The van der Waals surface area contributed by atoms with Gasteiger partial charge in [0.05, 0.1) is 30.3 Å². The Kier molecular flexibility index (Phi) is 6.79. The fourth-order valence-corrected chi connectivity index (χ4v) is 11.7. The molecule has 15 unspecified atom stereocenters. The van der Waals surface area contributed by atoms with Crippen LogP contribution in [0.2, 0.25) is 0 Å². The molecular formula is C32H44O8. The molecule has 0 amide bonds. The lowest BCUT2D eigenvalue weighted by molar-refractivity contribution is -0.174. The highest BCUT2D eigenvalue weighted by Gasteiger charge is 2.68. The van der Waals surface area contributed by atoms with Crippen LogP contribution in [0.4, 0.5) is 0 Å². The number of hydrogen-bond acceptors (Lipinski definition) is 8. The fourth-order valence-electron chi connectivity index (χ4n) is 11.7. The first-order valence-electron chi connectivity index (χ1n) is 15.9. The molecule has 6 saturated carbocycles. The number of hydrogen-bond donors (Lipinski definition) is 0. The Bertz CT molecular complexity index is 1070. The van der Waals surface area contributed by atoms with Crippen LogP contribution in [0.5, 0.6) is 0 Å². The smallest absolute Gasteiger partial charge is 0.317 e. The van der Waals surface area contributed by atoms with Crippen molar-refractivity contribution >= 4 is 23.9 Å². The van der Waals surface area contributed by atoms with Gasteiger partial charge in [0.2, 0.25) is 0 Å². The minimum Gasteiger partial charge on any atom is -0.465 e. The predicted octanol–water partition coefficient (Wildman–Crippen LogP) is 4.25. The highest BCUT2D eigenvalue weighted by molar-refractivity contribution is 5.96. The van der Waals surface area contributed by atoms with Gasteiger partial charge < -0.3 is 18.9 Å². The highest BCUT2D eigenvalue weighted by atomic mass is 16.7. The number of methoxy groups -OCH3 is 1. The van der Waals surface area contributed by atoms with E-state index < -0.39 is 29.6 Å². The Morgan fingerprint density at radius 2 is 1.48 bits per heavy atom. The van der Waals surface area contributed by atoms with E-state index in [2.05, 4.69) is 6.92 Å². The first-order chi connectivity index (χ1) is 19.3. The predicted molar refractivity (Wildman–Crippen MR) is 141 cm³/mol. The van der Waals surface area contributed by atoms with Gasteiger partial charge in [-0.05, 0) is 110 Å². The summed E-state index contributed by atoms with van der Waals surface area (Å²) in [6.07, 6.45) is 9.06. The van der Waals surface area contributed by atoms with Crippen LogP contribution in [0.1, 0.15) is 65.2 Å². The van der Waals surface area contributed by atoms with Crippen molar-refractivity contribution in [2.24, 2.45) is 88.8 Å². The zero-order valence-electron chi connectivity index (χ0n) is 24.0. The summed E-state index contributed by atoms with van der Waals surface area (Å²) in [6.45, 7) is 4.40. The SMILES string of the molecule is COCOC(=O)C1C2CC(C1C(=O)OCC1CC3CCC1C3)C(C1C3CCC(C3)C1C1C(=O)OC(=O)C1C)C2C. The van der Waals surface area contributed by atoms with E-state index in [1.54, 1.807) is 0 Å². The van der Waals surface area contributed by atoms with Crippen molar-refractivity contribution in [3.8, 4) is 0 Å². The largest absolute Gasteiger partial charge is 0.465 e.